The summed E-state index contributed by atoms with van der Waals surface area (Å²) < 4.78 is 43.8. The van der Waals surface area contributed by atoms with E-state index in [1.165, 1.54) is 23.5 Å². The maximum absolute atomic E-state index is 13.2. The van der Waals surface area contributed by atoms with Gasteiger partial charge in [0.25, 0.3) is 0 Å². The molecule has 0 aliphatic heterocycles. The van der Waals surface area contributed by atoms with Gasteiger partial charge in [0.2, 0.25) is 5.78 Å². The van der Waals surface area contributed by atoms with Gasteiger partial charge in [0, 0.05) is 29.1 Å². The number of alkyl halides is 3. The Kier molecular flexibility index (Phi) is 5.56. The number of pyridine rings is 1. The van der Waals surface area contributed by atoms with Crippen molar-refractivity contribution < 1.29 is 22.7 Å². The summed E-state index contributed by atoms with van der Waals surface area (Å²) in [5.41, 5.74) is 1.25. The molecule has 0 aliphatic rings. The second-order valence-corrected chi connectivity index (χ2v) is 7.57. The Bertz CT molecular complexity index is 1200. The number of thiazole rings is 1. The van der Waals surface area contributed by atoms with Crippen molar-refractivity contribution in [3.05, 3.63) is 89.1 Å². The Labute approximate surface area is 180 Å². The van der Waals surface area contributed by atoms with E-state index in [9.17, 15) is 18.0 Å². The number of ether oxygens (including phenoxy) is 1. The van der Waals surface area contributed by atoms with Gasteiger partial charge in [-0.15, -0.1) is 11.3 Å². The van der Waals surface area contributed by atoms with Gasteiger partial charge in [0.05, 0.1) is 18.4 Å². The fraction of sp³-hybridized carbons (Fsp3) is 0.0870. The Hall–Kier alpha value is -3.52. The maximum atomic E-state index is 13.2. The van der Waals surface area contributed by atoms with E-state index >= 15 is 0 Å². The minimum absolute atomic E-state index is 0.157. The molecule has 2 aromatic carbocycles. The standard InChI is InChI=1S/C23H15F3N2O2S/c1-30-18-10-6-14(7-11-18)19-21(31-22(28-19)16-3-2-12-27-13-16)20(29)15-4-8-17(9-5-15)23(24,25)26/h2-13H,1H3. The Balaban J connectivity index is 1.79. The third-order valence-electron chi connectivity index (χ3n) is 4.58. The highest BCUT2D eigenvalue weighted by Crippen LogP contribution is 2.36. The summed E-state index contributed by atoms with van der Waals surface area (Å²) in [6.07, 6.45) is -1.19. The van der Waals surface area contributed by atoms with Crippen LogP contribution in [0.2, 0.25) is 0 Å². The van der Waals surface area contributed by atoms with Crippen LogP contribution in [0.4, 0.5) is 13.2 Å². The van der Waals surface area contributed by atoms with Gasteiger partial charge >= 0.3 is 6.18 Å². The van der Waals surface area contributed by atoms with Gasteiger partial charge in [0.1, 0.15) is 15.6 Å². The normalized spacial score (nSPS) is 11.4. The molecule has 0 bridgehead atoms. The van der Waals surface area contributed by atoms with Crippen LogP contribution in [0, 0.1) is 0 Å². The van der Waals surface area contributed by atoms with E-state index in [2.05, 4.69) is 9.97 Å². The van der Waals surface area contributed by atoms with Crippen molar-refractivity contribution in [2.75, 3.05) is 7.11 Å². The number of hydrogen-bond donors (Lipinski definition) is 0. The van der Waals surface area contributed by atoms with Crippen LogP contribution >= 0.6 is 11.3 Å². The molecule has 8 heteroatoms. The first-order chi connectivity index (χ1) is 14.9. The molecule has 31 heavy (non-hydrogen) atoms. The average molecular weight is 440 g/mol. The number of ketones is 1. The first-order valence-electron chi connectivity index (χ1n) is 9.14. The predicted octanol–water partition coefficient (Wildman–Crippen LogP) is 6.13. The van der Waals surface area contributed by atoms with Crippen LogP contribution in [0.15, 0.2) is 73.1 Å². The summed E-state index contributed by atoms with van der Waals surface area (Å²) in [5.74, 6) is 0.259. The second kappa shape index (κ2) is 8.31. The van der Waals surface area contributed by atoms with E-state index in [0.29, 0.717) is 26.9 Å². The first-order valence-corrected chi connectivity index (χ1v) is 9.96. The predicted molar refractivity (Wildman–Crippen MR) is 112 cm³/mol. The Morgan fingerprint density at radius 3 is 2.26 bits per heavy atom. The molecule has 4 rings (SSSR count). The van der Waals surface area contributed by atoms with Gasteiger partial charge in [-0.3, -0.25) is 9.78 Å². The molecule has 0 spiro atoms. The van der Waals surface area contributed by atoms with Crippen molar-refractivity contribution in [1.29, 1.82) is 0 Å². The van der Waals surface area contributed by atoms with E-state index in [1.54, 1.807) is 49.8 Å². The monoisotopic (exact) mass is 440 g/mol. The topological polar surface area (TPSA) is 52.1 Å². The molecule has 0 amide bonds. The molecule has 2 aromatic heterocycles. The van der Waals surface area contributed by atoms with E-state index in [1.807, 2.05) is 6.07 Å². The molecule has 0 unspecified atom stereocenters. The fourth-order valence-corrected chi connectivity index (χ4v) is 4.01. The molecule has 0 saturated carbocycles. The number of rotatable bonds is 5. The molecule has 2 heterocycles. The molecule has 4 aromatic rings. The largest absolute Gasteiger partial charge is 0.497 e. The number of hydrogen-bond acceptors (Lipinski definition) is 5. The van der Waals surface area contributed by atoms with Crippen LogP contribution in [-0.2, 0) is 6.18 Å². The van der Waals surface area contributed by atoms with Gasteiger partial charge in [-0.05, 0) is 48.5 Å². The highest BCUT2D eigenvalue weighted by molar-refractivity contribution is 7.17. The summed E-state index contributed by atoms with van der Waals surface area (Å²) in [4.78, 5) is 22.3. The highest BCUT2D eigenvalue weighted by atomic mass is 32.1. The van der Waals surface area contributed by atoms with Crippen LogP contribution in [0.1, 0.15) is 20.8 Å². The van der Waals surface area contributed by atoms with Crippen molar-refractivity contribution in [2.24, 2.45) is 0 Å². The van der Waals surface area contributed by atoms with Crippen LogP contribution in [0.3, 0.4) is 0 Å². The van der Waals surface area contributed by atoms with Gasteiger partial charge in [-0.2, -0.15) is 13.2 Å². The second-order valence-electron chi connectivity index (χ2n) is 6.57. The number of methoxy groups -OCH3 is 1. The molecule has 0 fully saturated rings. The summed E-state index contributed by atoms with van der Waals surface area (Å²) in [6.45, 7) is 0. The Morgan fingerprint density at radius 2 is 1.68 bits per heavy atom. The number of aromatic nitrogens is 2. The van der Waals surface area contributed by atoms with Crippen LogP contribution in [-0.4, -0.2) is 22.9 Å². The summed E-state index contributed by atoms with van der Waals surface area (Å²) in [6, 6.07) is 14.9. The van der Waals surface area contributed by atoms with Crippen molar-refractivity contribution in [3.63, 3.8) is 0 Å². The molecule has 0 saturated heterocycles. The molecule has 0 radical (unpaired) electrons. The number of carbonyl (C=O) groups excluding carboxylic acids is 1. The molecule has 0 aliphatic carbocycles. The lowest BCUT2D eigenvalue weighted by molar-refractivity contribution is -0.137. The van der Waals surface area contributed by atoms with Crippen molar-refractivity contribution in [1.82, 2.24) is 9.97 Å². The number of nitrogens with zero attached hydrogens (tertiary/aromatic N) is 2. The summed E-state index contributed by atoms with van der Waals surface area (Å²) >= 11 is 1.18. The lowest BCUT2D eigenvalue weighted by Crippen LogP contribution is -2.06. The van der Waals surface area contributed by atoms with E-state index < -0.39 is 17.5 Å². The SMILES string of the molecule is COc1ccc(-c2nc(-c3cccnc3)sc2C(=O)c2ccc(C(F)(F)F)cc2)cc1. The summed E-state index contributed by atoms with van der Waals surface area (Å²) in [5, 5.41) is 0.592. The zero-order valence-corrected chi connectivity index (χ0v) is 17.0. The lowest BCUT2D eigenvalue weighted by atomic mass is 10.0. The summed E-state index contributed by atoms with van der Waals surface area (Å²) in [7, 11) is 1.55. The van der Waals surface area contributed by atoms with Crippen LogP contribution in [0.25, 0.3) is 21.8 Å². The fourth-order valence-electron chi connectivity index (χ4n) is 2.97. The van der Waals surface area contributed by atoms with Crippen LogP contribution in [0.5, 0.6) is 5.75 Å². The molecule has 0 N–H and O–H groups in total. The first kappa shape index (κ1) is 20.7. The maximum Gasteiger partial charge on any atom is 0.416 e. The highest BCUT2D eigenvalue weighted by Gasteiger charge is 2.30. The lowest BCUT2D eigenvalue weighted by Gasteiger charge is -2.07. The van der Waals surface area contributed by atoms with Gasteiger partial charge < -0.3 is 4.74 Å². The molecular weight excluding hydrogens is 425 g/mol. The third-order valence-corrected chi connectivity index (χ3v) is 5.68. The van der Waals surface area contributed by atoms with E-state index in [-0.39, 0.29) is 5.56 Å². The minimum atomic E-state index is -4.46. The Morgan fingerprint density at radius 1 is 0.968 bits per heavy atom. The zero-order valence-electron chi connectivity index (χ0n) is 16.2. The number of benzene rings is 2. The van der Waals surface area contributed by atoms with E-state index in [4.69, 9.17) is 4.74 Å². The van der Waals surface area contributed by atoms with Gasteiger partial charge in [0.15, 0.2) is 0 Å². The van der Waals surface area contributed by atoms with Crippen molar-refractivity contribution >= 4 is 17.1 Å². The van der Waals surface area contributed by atoms with Crippen LogP contribution < -0.4 is 4.74 Å². The van der Waals surface area contributed by atoms with Gasteiger partial charge in [-0.1, -0.05) is 12.1 Å². The zero-order chi connectivity index (χ0) is 22.0. The average Bonchev–Trinajstić information content (AvgIpc) is 3.24. The third kappa shape index (κ3) is 4.34. The van der Waals surface area contributed by atoms with Gasteiger partial charge in [-0.25, -0.2) is 4.98 Å². The molecule has 0 atom stereocenters. The quantitative estimate of drug-likeness (QED) is 0.350. The number of carbonyl (C=O) groups is 1. The molecular formula is C23H15F3N2O2S. The van der Waals surface area contributed by atoms with Crippen molar-refractivity contribution in [2.45, 2.75) is 6.18 Å². The smallest absolute Gasteiger partial charge is 0.416 e. The van der Waals surface area contributed by atoms with E-state index in [0.717, 1.165) is 17.7 Å². The molecule has 156 valence electrons. The number of halogens is 3. The minimum Gasteiger partial charge on any atom is -0.497 e. The molecule has 4 nitrogen and oxygen atoms in total. The van der Waals surface area contributed by atoms with Crippen molar-refractivity contribution in [3.8, 4) is 27.6 Å².